The van der Waals surface area contributed by atoms with Crippen molar-refractivity contribution in [2.45, 2.75) is 18.5 Å². The average molecular weight is 360 g/mol. The van der Waals surface area contributed by atoms with Crippen molar-refractivity contribution in [2.24, 2.45) is 5.73 Å². The van der Waals surface area contributed by atoms with Crippen molar-refractivity contribution in [1.82, 2.24) is 10.9 Å². The highest BCUT2D eigenvalue weighted by Crippen LogP contribution is 2.25. The maximum absolute atomic E-state index is 12.4. The lowest BCUT2D eigenvalue weighted by atomic mass is 10.0. The van der Waals surface area contributed by atoms with E-state index in [1.165, 1.54) is 0 Å². The maximum Gasteiger partial charge on any atom is 0.316 e. The molecule has 2 atom stereocenters. The lowest BCUT2D eigenvalue weighted by molar-refractivity contribution is -0.117. The van der Waals surface area contributed by atoms with Crippen LogP contribution in [0.25, 0.3) is 0 Å². The average Bonchev–Trinajstić information content (AvgIpc) is 3.06. The summed E-state index contributed by atoms with van der Waals surface area (Å²) in [5.74, 6) is -0.146. The maximum atomic E-state index is 12.4. The van der Waals surface area contributed by atoms with Gasteiger partial charge in [-0.2, -0.15) is 0 Å². The van der Waals surface area contributed by atoms with E-state index >= 15 is 0 Å². The summed E-state index contributed by atoms with van der Waals surface area (Å²) in [6.07, 6.45) is 0.605. The molecule has 6 N–H and O–H groups in total. The van der Waals surface area contributed by atoms with Crippen LogP contribution >= 0.6 is 11.6 Å². The zero-order chi connectivity index (χ0) is 17.8. The van der Waals surface area contributed by atoms with Gasteiger partial charge in [0.15, 0.2) is 0 Å². The van der Waals surface area contributed by atoms with Crippen LogP contribution in [-0.2, 0) is 4.79 Å². The molecule has 3 amide bonds. The van der Waals surface area contributed by atoms with Crippen molar-refractivity contribution in [3.05, 3.63) is 59.1 Å². The molecular formula is C17H18ClN5O2. The molecule has 0 saturated carbocycles. The van der Waals surface area contributed by atoms with E-state index in [1.54, 1.807) is 24.3 Å². The number of primary amides is 1. The van der Waals surface area contributed by atoms with E-state index in [9.17, 15) is 9.59 Å². The van der Waals surface area contributed by atoms with Gasteiger partial charge in [0.1, 0.15) is 6.04 Å². The van der Waals surface area contributed by atoms with Crippen molar-refractivity contribution in [2.75, 3.05) is 10.6 Å². The third-order valence-electron chi connectivity index (χ3n) is 3.89. The summed E-state index contributed by atoms with van der Waals surface area (Å²) in [6, 6.07) is 13.3. The van der Waals surface area contributed by atoms with E-state index in [0.717, 1.165) is 5.56 Å². The summed E-state index contributed by atoms with van der Waals surface area (Å²) < 4.78 is 0. The number of rotatable bonds is 4. The minimum absolute atomic E-state index is 0.0107. The zero-order valence-electron chi connectivity index (χ0n) is 13.3. The Labute approximate surface area is 149 Å². The molecule has 130 valence electrons. The molecule has 0 aliphatic carbocycles. The number of carbonyl (C=O) groups excluding carboxylic acids is 2. The summed E-state index contributed by atoms with van der Waals surface area (Å²) in [7, 11) is 0. The standard InChI is InChI=1S/C17H18ClN5O2/c18-11-3-1-2-10(8-11)14-9-15(23-22-14)16(24)20-12-4-6-13(7-5-12)21-17(19)25/h1-8,14-15,22-23H,9H2,(H,20,24)(H3,19,21,25). The molecule has 0 aromatic heterocycles. The number of nitrogens with one attached hydrogen (secondary N) is 4. The van der Waals surface area contributed by atoms with Crippen LogP contribution < -0.4 is 27.2 Å². The third-order valence-corrected chi connectivity index (χ3v) is 4.13. The highest BCUT2D eigenvalue weighted by Gasteiger charge is 2.30. The second kappa shape index (κ2) is 7.52. The second-order valence-corrected chi connectivity index (χ2v) is 6.18. The SMILES string of the molecule is NC(=O)Nc1ccc(NC(=O)C2CC(c3cccc(Cl)c3)NN2)cc1. The fourth-order valence-electron chi connectivity index (χ4n) is 2.68. The Bertz CT molecular complexity index is 781. The molecule has 2 unspecified atom stereocenters. The van der Waals surface area contributed by atoms with Crippen LogP contribution in [0.5, 0.6) is 0 Å². The Morgan fingerprint density at radius 1 is 1.04 bits per heavy atom. The number of nitrogens with two attached hydrogens (primary N) is 1. The number of amides is 3. The highest BCUT2D eigenvalue weighted by atomic mass is 35.5. The summed E-state index contributed by atoms with van der Waals surface area (Å²) in [6.45, 7) is 0. The first kappa shape index (κ1) is 17.2. The molecule has 1 heterocycles. The molecule has 8 heteroatoms. The van der Waals surface area contributed by atoms with Gasteiger partial charge in [-0.3, -0.25) is 4.79 Å². The number of hydrogen-bond acceptors (Lipinski definition) is 4. The molecule has 7 nitrogen and oxygen atoms in total. The summed E-state index contributed by atoms with van der Waals surface area (Å²) in [5.41, 5.74) is 13.4. The molecule has 2 aromatic carbocycles. The van der Waals surface area contributed by atoms with Crippen LogP contribution in [0.1, 0.15) is 18.0 Å². The predicted molar refractivity (Wildman–Crippen MR) is 97.1 cm³/mol. The number of hydrogen-bond donors (Lipinski definition) is 5. The van der Waals surface area contributed by atoms with Gasteiger partial charge in [-0.05, 0) is 48.4 Å². The van der Waals surface area contributed by atoms with Crippen LogP contribution in [0, 0.1) is 0 Å². The number of anilines is 2. The number of halogens is 1. The fraction of sp³-hybridized carbons (Fsp3) is 0.176. The first-order valence-corrected chi connectivity index (χ1v) is 8.13. The van der Waals surface area contributed by atoms with Crippen LogP contribution in [0.3, 0.4) is 0 Å². The van der Waals surface area contributed by atoms with Crippen molar-refractivity contribution in [3.8, 4) is 0 Å². The lowest BCUT2D eigenvalue weighted by Crippen LogP contribution is -2.39. The van der Waals surface area contributed by atoms with E-state index in [1.807, 2.05) is 24.3 Å². The normalized spacial score (nSPS) is 19.4. The Hall–Kier alpha value is -2.61. The molecule has 1 saturated heterocycles. The summed E-state index contributed by atoms with van der Waals surface area (Å²) >= 11 is 6.01. The third kappa shape index (κ3) is 4.48. The van der Waals surface area contributed by atoms with Gasteiger partial charge in [0.05, 0.1) is 0 Å². The first-order chi connectivity index (χ1) is 12.0. The predicted octanol–water partition coefficient (Wildman–Crippen LogP) is 2.38. The smallest absolute Gasteiger partial charge is 0.316 e. The number of urea groups is 1. The van der Waals surface area contributed by atoms with Crippen LogP contribution in [0.15, 0.2) is 48.5 Å². The van der Waals surface area contributed by atoms with E-state index < -0.39 is 6.03 Å². The van der Waals surface area contributed by atoms with Crippen molar-refractivity contribution in [1.29, 1.82) is 0 Å². The molecule has 0 spiro atoms. The minimum Gasteiger partial charge on any atom is -0.351 e. The van der Waals surface area contributed by atoms with Crippen molar-refractivity contribution < 1.29 is 9.59 Å². The molecule has 1 aliphatic heterocycles. The number of hydrazine groups is 1. The van der Waals surface area contributed by atoms with Crippen LogP contribution in [0.4, 0.5) is 16.2 Å². The topological polar surface area (TPSA) is 108 Å². The Morgan fingerprint density at radius 3 is 2.36 bits per heavy atom. The van der Waals surface area contributed by atoms with E-state index in [2.05, 4.69) is 21.5 Å². The van der Waals surface area contributed by atoms with Crippen molar-refractivity contribution in [3.63, 3.8) is 0 Å². The van der Waals surface area contributed by atoms with Gasteiger partial charge in [-0.25, -0.2) is 15.6 Å². The summed E-state index contributed by atoms with van der Waals surface area (Å²) in [4.78, 5) is 23.2. The monoisotopic (exact) mass is 359 g/mol. The van der Waals surface area contributed by atoms with Gasteiger partial charge >= 0.3 is 6.03 Å². The van der Waals surface area contributed by atoms with Gasteiger partial charge in [0, 0.05) is 22.4 Å². The molecule has 0 bridgehead atoms. The Balaban J connectivity index is 1.58. The van der Waals surface area contributed by atoms with Gasteiger partial charge in [0.25, 0.3) is 0 Å². The summed E-state index contributed by atoms with van der Waals surface area (Å²) in [5, 5.41) is 5.96. The number of carbonyl (C=O) groups is 2. The fourth-order valence-corrected chi connectivity index (χ4v) is 2.88. The van der Waals surface area contributed by atoms with E-state index in [-0.39, 0.29) is 18.0 Å². The highest BCUT2D eigenvalue weighted by molar-refractivity contribution is 6.30. The molecule has 25 heavy (non-hydrogen) atoms. The lowest BCUT2D eigenvalue weighted by Gasteiger charge is -2.11. The van der Waals surface area contributed by atoms with Crippen LogP contribution in [-0.4, -0.2) is 18.0 Å². The largest absolute Gasteiger partial charge is 0.351 e. The van der Waals surface area contributed by atoms with Crippen LogP contribution in [0.2, 0.25) is 5.02 Å². The Kier molecular flexibility index (Phi) is 5.18. The quantitative estimate of drug-likeness (QED) is 0.577. The Morgan fingerprint density at radius 2 is 1.72 bits per heavy atom. The van der Waals surface area contributed by atoms with Crippen molar-refractivity contribution >= 4 is 34.9 Å². The first-order valence-electron chi connectivity index (χ1n) is 7.75. The molecule has 0 radical (unpaired) electrons. The molecular weight excluding hydrogens is 342 g/mol. The minimum atomic E-state index is -0.634. The van der Waals surface area contributed by atoms with Gasteiger partial charge < -0.3 is 16.4 Å². The number of benzene rings is 2. The zero-order valence-corrected chi connectivity index (χ0v) is 14.0. The van der Waals surface area contributed by atoms with E-state index in [0.29, 0.717) is 22.8 Å². The van der Waals surface area contributed by atoms with E-state index in [4.69, 9.17) is 17.3 Å². The molecule has 1 aliphatic rings. The van der Waals surface area contributed by atoms with Gasteiger partial charge in [-0.1, -0.05) is 23.7 Å². The molecule has 1 fully saturated rings. The second-order valence-electron chi connectivity index (χ2n) is 5.74. The van der Waals surface area contributed by atoms with Gasteiger partial charge in [-0.15, -0.1) is 0 Å². The molecule has 2 aromatic rings. The molecule has 3 rings (SSSR count). The van der Waals surface area contributed by atoms with Gasteiger partial charge in [0.2, 0.25) is 5.91 Å².